The Hall–Kier alpha value is -2.01. The third kappa shape index (κ3) is 4.93. The Balaban J connectivity index is 1.65. The van der Waals surface area contributed by atoms with Crippen molar-refractivity contribution in [3.05, 3.63) is 43.0 Å². The molecule has 0 saturated heterocycles. The Morgan fingerprint density at radius 3 is 2.20 bits per heavy atom. The van der Waals surface area contributed by atoms with Crippen molar-refractivity contribution in [2.24, 2.45) is 5.73 Å². The molecular formula is C15H21N3O2. The molecule has 2 aromatic rings. The number of rotatable bonds is 9. The largest absolute Gasteiger partial charge is 0.494 e. The predicted molar refractivity (Wildman–Crippen MR) is 77.9 cm³/mol. The SMILES string of the molecule is NCCCOc1ccc(OCCCn2ccnc2)cc1. The maximum absolute atomic E-state index is 5.68. The van der Waals surface area contributed by atoms with Crippen LogP contribution < -0.4 is 15.2 Å². The van der Waals surface area contributed by atoms with E-state index < -0.39 is 0 Å². The maximum Gasteiger partial charge on any atom is 0.119 e. The van der Waals surface area contributed by atoms with Gasteiger partial charge in [0.2, 0.25) is 0 Å². The van der Waals surface area contributed by atoms with Crippen LogP contribution in [0.2, 0.25) is 0 Å². The van der Waals surface area contributed by atoms with Crippen molar-refractivity contribution in [2.75, 3.05) is 19.8 Å². The molecule has 0 aliphatic carbocycles. The van der Waals surface area contributed by atoms with Crippen LogP contribution in [0.1, 0.15) is 12.8 Å². The van der Waals surface area contributed by atoms with Gasteiger partial charge in [-0.25, -0.2) is 4.98 Å². The lowest BCUT2D eigenvalue weighted by atomic mass is 10.3. The molecule has 0 atom stereocenters. The maximum atomic E-state index is 5.68. The van der Waals surface area contributed by atoms with Crippen LogP contribution in [-0.2, 0) is 6.54 Å². The van der Waals surface area contributed by atoms with Gasteiger partial charge in [-0.05, 0) is 43.7 Å². The van der Waals surface area contributed by atoms with Crippen LogP contribution in [0.15, 0.2) is 43.0 Å². The first-order valence-electron chi connectivity index (χ1n) is 6.90. The number of aromatic nitrogens is 2. The van der Waals surface area contributed by atoms with Gasteiger partial charge in [0.25, 0.3) is 0 Å². The molecule has 108 valence electrons. The first-order chi connectivity index (χ1) is 9.88. The molecule has 5 heteroatoms. The molecule has 5 nitrogen and oxygen atoms in total. The summed E-state index contributed by atoms with van der Waals surface area (Å²) in [5.74, 6) is 1.71. The number of hydrogen-bond donors (Lipinski definition) is 1. The second-order valence-electron chi connectivity index (χ2n) is 4.46. The van der Waals surface area contributed by atoms with Crippen LogP contribution in [0.3, 0.4) is 0 Å². The summed E-state index contributed by atoms with van der Waals surface area (Å²) in [5, 5.41) is 0. The van der Waals surface area contributed by atoms with Gasteiger partial charge < -0.3 is 19.8 Å². The Kier molecular flexibility index (Phi) is 5.92. The monoisotopic (exact) mass is 275 g/mol. The fraction of sp³-hybridized carbons (Fsp3) is 0.400. The van der Waals surface area contributed by atoms with Gasteiger partial charge in [0, 0.05) is 18.9 Å². The van der Waals surface area contributed by atoms with Crippen molar-refractivity contribution < 1.29 is 9.47 Å². The number of imidazole rings is 1. The van der Waals surface area contributed by atoms with Crippen LogP contribution in [0.4, 0.5) is 0 Å². The molecule has 1 aromatic carbocycles. The van der Waals surface area contributed by atoms with Crippen molar-refractivity contribution in [2.45, 2.75) is 19.4 Å². The highest BCUT2D eigenvalue weighted by Gasteiger charge is 1.97. The van der Waals surface area contributed by atoms with Crippen molar-refractivity contribution in [1.82, 2.24) is 9.55 Å². The lowest BCUT2D eigenvalue weighted by Gasteiger charge is -2.08. The average molecular weight is 275 g/mol. The summed E-state index contributed by atoms with van der Waals surface area (Å²) in [7, 11) is 0. The average Bonchev–Trinajstić information content (AvgIpc) is 2.99. The molecule has 0 aliphatic rings. The minimum Gasteiger partial charge on any atom is -0.494 e. The van der Waals surface area contributed by atoms with Crippen molar-refractivity contribution in [3.63, 3.8) is 0 Å². The van der Waals surface area contributed by atoms with Crippen LogP contribution in [-0.4, -0.2) is 29.3 Å². The van der Waals surface area contributed by atoms with E-state index in [1.54, 1.807) is 6.20 Å². The molecule has 0 saturated carbocycles. The second-order valence-corrected chi connectivity index (χ2v) is 4.46. The Bertz CT molecular complexity index is 468. The molecule has 2 rings (SSSR count). The summed E-state index contributed by atoms with van der Waals surface area (Å²) in [5.41, 5.74) is 5.41. The number of benzene rings is 1. The summed E-state index contributed by atoms with van der Waals surface area (Å²) in [6.07, 6.45) is 7.36. The Labute approximate surface area is 119 Å². The molecule has 0 amide bonds. The summed E-state index contributed by atoms with van der Waals surface area (Å²) in [4.78, 5) is 4.00. The van der Waals surface area contributed by atoms with Crippen molar-refractivity contribution in [1.29, 1.82) is 0 Å². The van der Waals surface area contributed by atoms with Crippen molar-refractivity contribution >= 4 is 0 Å². The van der Waals surface area contributed by atoms with Gasteiger partial charge in [0.05, 0.1) is 19.5 Å². The van der Waals surface area contributed by atoms with E-state index in [4.69, 9.17) is 15.2 Å². The summed E-state index contributed by atoms with van der Waals surface area (Å²) < 4.78 is 13.2. The number of aryl methyl sites for hydroxylation is 1. The Morgan fingerprint density at radius 2 is 1.65 bits per heavy atom. The molecule has 1 aromatic heterocycles. The zero-order valence-electron chi connectivity index (χ0n) is 11.6. The fourth-order valence-electron chi connectivity index (χ4n) is 1.76. The van der Waals surface area contributed by atoms with Gasteiger partial charge in [0.15, 0.2) is 0 Å². The normalized spacial score (nSPS) is 10.4. The smallest absolute Gasteiger partial charge is 0.119 e. The van der Waals surface area contributed by atoms with Gasteiger partial charge in [-0.3, -0.25) is 0 Å². The number of ether oxygens (including phenoxy) is 2. The second kappa shape index (κ2) is 8.22. The summed E-state index contributed by atoms with van der Waals surface area (Å²) >= 11 is 0. The van der Waals surface area contributed by atoms with Gasteiger partial charge >= 0.3 is 0 Å². The van der Waals surface area contributed by atoms with E-state index in [9.17, 15) is 0 Å². The standard InChI is InChI=1S/C15H21N3O2/c16-7-1-11-19-14-3-5-15(6-4-14)20-12-2-9-18-10-8-17-13-18/h3-6,8,10,13H,1-2,7,9,11-12,16H2. The minimum atomic E-state index is 0.651. The van der Waals surface area contributed by atoms with Crippen LogP contribution in [0.5, 0.6) is 11.5 Å². The van der Waals surface area contributed by atoms with Crippen LogP contribution >= 0.6 is 0 Å². The highest BCUT2D eigenvalue weighted by Crippen LogP contribution is 2.17. The highest BCUT2D eigenvalue weighted by molar-refractivity contribution is 5.31. The first-order valence-corrected chi connectivity index (χ1v) is 6.90. The quantitative estimate of drug-likeness (QED) is 0.712. The van der Waals surface area contributed by atoms with Gasteiger partial charge in [-0.2, -0.15) is 0 Å². The topological polar surface area (TPSA) is 62.3 Å². The van der Waals surface area contributed by atoms with E-state index in [-0.39, 0.29) is 0 Å². The molecule has 0 spiro atoms. The third-order valence-electron chi connectivity index (χ3n) is 2.83. The molecule has 2 N–H and O–H groups in total. The van der Waals surface area contributed by atoms with E-state index in [1.165, 1.54) is 0 Å². The zero-order chi connectivity index (χ0) is 14.0. The van der Waals surface area contributed by atoms with E-state index in [2.05, 4.69) is 4.98 Å². The summed E-state index contributed by atoms with van der Waals surface area (Å²) in [6.45, 7) is 2.91. The summed E-state index contributed by atoms with van der Waals surface area (Å²) in [6, 6.07) is 7.69. The minimum absolute atomic E-state index is 0.651. The van der Waals surface area contributed by atoms with Gasteiger partial charge in [-0.15, -0.1) is 0 Å². The highest BCUT2D eigenvalue weighted by atomic mass is 16.5. The molecule has 1 heterocycles. The van der Waals surface area contributed by atoms with E-state index in [0.29, 0.717) is 19.8 Å². The Morgan fingerprint density at radius 1 is 1.00 bits per heavy atom. The van der Waals surface area contributed by atoms with Gasteiger partial charge in [0.1, 0.15) is 11.5 Å². The fourth-order valence-corrected chi connectivity index (χ4v) is 1.76. The van der Waals surface area contributed by atoms with Gasteiger partial charge in [-0.1, -0.05) is 0 Å². The van der Waals surface area contributed by atoms with Crippen LogP contribution in [0, 0.1) is 0 Å². The van der Waals surface area contributed by atoms with Crippen LogP contribution in [0.25, 0.3) is 0 Å². The third-order valence-corrected chi connectivity index (χ3v) is 2.83. The van der Waals surface area contributed by atoms with E-state index >= 15 is 0 Å². The van der Waals surface area contributed by atoms with E-state index in [1.807, 2.05) is 41.4 Å². The lowest BCUT2D eigenvalue weighted by molar-refractivity contribution is 0.297. The molecule has 20 heavy (non-hydrogen) atoms. The zero-order valence-corrected chi connectivity index (χ0v) is 11.6. The molecule has 0 bridgehead atoms. The molecule has 0 unspecified atom stereocenters. The lowest BCUT2D eigenvalue weighted by Crippen LogP contribution is -2.06. The first kappa shape index (κ1) is 14.4. The number of hydrogen-bond acceptors (Lipinski definition) is 4. The number of nitrogens with two attached hydrogens (primary N) is 1. The molecule has 0 radical (unpaired) electrons. The van der Waals surface area contributed by atoms with E-state index in [0.717, 1.165) is 30.9 Å². The molecule has 0 fully saturated rings. The molecular weight excluding hydrogens is 254 g/mol. The molecule has 0 aliphatic heterocycles. The predicted octanol–water partition coefficient (Wildman–Crippen LogP) is 2.08. The van der Waals surface area contributed by atoms with Crippen molar-refractivity contribution in [3.8, 4) is 11.5 Å². The number of nitrogens with zero attached hydrogens (tertiary/aromatic N) is 2.